The van der Waals surface area contributed by atoms with Crippen LogP contribution in [-0.4, -0.2) is 11.0 Å². The molecular formula is C12H17ClN2. The molecule has 0 aliphatic heterocycles. The van der Waals surface area contributed by atoms with Crippen LogP contribution < -0.4 is 5.73 Å². The highest BCUT2D eigenvalue weighted by molar-refractivity contribution is 5.85. The van der Waals surface area contributed by atoms with E-state index in [1.165, 1.54) is 22.2 Å². The maximum atomic E-state index is 5.80. The van der Waals surface area contributed by atoms with Gasteiger partial charge in [0, 0.05) is 29.1 Å². The molecule has 15 heavy (non-hydrogen) atoms. The quantitative estimate of drug-likeness (QED) is 0.810. The predicted molar refractivity (Wildman–Crippen MR) is 67.6 cm³/mol. The normalized spacial score (nSPS) is 12.5. The van der Waals surface area contributed by atoms with Crippen molar-refractivity contribution in [3.05, 3.63) is 35.5 Å². The van der Waals surface area contributed by atoms with Crippen molar-refractivity contribution in [1.29, 1.82) is 0 Å². The Bertz CT molecular complexity index is 446. The number of para-hydroxylation sites is 1. The summed E-state index contributed by atoms with van der Waals surface area (Å²) >= 11 is 0. The molecule has 3 heteroatoms. The van der Waals surface area contributed by atoms with E-state index in [1.807, 2.05) is 13.0 Å². The standard InChI is InChI=1S/C12H16N2.ClH/c1-8(13)7-12-9(2)10-5-3-4-6-11(10)14-12;/h3-6,8,14H,7,13H2,1-2H3;1H. The van der Waals surface area contributed by atoms with Crippen LogP contribution in [0.3, 0.4) is 0 Å². The fourth-order valence-corrected chi connectivity index (χ4v) is 1.86. The second kappa shape index (κ2) is 4.69. The molecule has 0 fully saturated rings. The van der Waals surface area contributed by atoms with Gasteiger partial charge in [0.15, 0.2) is 0 Å². The summed E-state index contributed by atoms with van der Waals surface area (Å²) < 4.78 is 0. The third-order valence-electron chi connectivity index (χ3n) is 2.60. The van der Waals surface area contributed by atoms with Gasteiger partial charge in [-0.05, 0) is 25.5 Å². The van der Waals surface area contributed by atoms with Gasteiger partial charge < -0.3 is 10.7 Å². The fraction of sp³-hybridized carbons (Fsp3) is 0.333. The zero-order chi connectivity index (χ0) is 10.1. The van der Waals surface area contributed by atoms with Crippen LogP contribution >= 0.6 is 12.4 Å². The van der Waals surface area contributed by atoms with Gasteiger partial charge >= 0.3 is 0 Å². The summed E-state index contributed by atoms with van der Waals surface area (Å²) in [5.74, 6) is 0. The first kappa shape index (κ1) is 12.1. The highest BCUT2D eigenvalue weighted by Gasteiger charge is 2.07. The third kappa shape index (κ3) is 2.33. The number of fused-ring (bicyclic) bond motifs is 1. The monoisotopic (exact) mass is 224 g/mol. The SMILES string of the molecule is Cc1c(CC(C)N)[nH]c2ccccc12.Cl. The summed E-state index contributed by atoms with van der Waals surface area (Å²) in [6.45, 7) is 4.18. The van der Waals surface area contributed by atoms with Gasteiger partial charge in [0.2, 0.25) is 0 Å². The lowest BCUT2D eigenvalue weighted by atomic mass is 10.1. The van der Waals surface area contributed by atoms with Gasteiger partial charge in [0.1, 0.15) is 0 Å². The maximum absolute atomic E-state index is 5.80. The maximum Gasteiger partial charge on any atom is 0.0458 e. The molecule has 0 amide bonds. The lowest BCUT2D eigenvalue weighted by molar-refractivity contribution is 0.724. The molecule has 1 aromatic carbocycles. The molecule has 0 saturated carbocycles. The van der Waals surface area contributed by atoms with Gasteiger partial charge in [0.25, 0.3) is 0 Å². The van der Waals surface area contributed by atoms with Crippen molar-refractivity contribution >= 4 is 23.3 Å². The van der Waals surface area contributed by atoms with E-state index in [4.69, 9.17) is 5.73 Å². The minimum absolute atomic E-state index is 0. The number of hydrogen-bond acceptors (Lipinski definition) is 1. The molecule has 0 spiro atoms. The van der Waals surface area contributed by atoms with E-state index in [1.54, 1.807) is 0 Å². The Morgan fingerprint density at radius 1 is 1.33 bits per heavy atom. The van der Waals surface area contributed by atoms with E-state index in [0.29, 0.717) is 0 Å². The van der Waals surface area contributed by atoms with Gasteiger partial charge in [-0.1, -0.05) is 18.2 Å². The van der Waals surface area contributed by atoms with E-state index >= 15 is 0 Å². The van der Waals surface area contributed by atoms with Crippen molar-refractivity contribution in [2.45, 2.75) is 26.3 Å². The topological polar surface area (TPSA) is 41.8 Å². The molecule has 2 nitrogen and oxygen atoms in total. The molecule has 1 aromatic heterocycles. The molecule has 0 aliphatic carbocycles. The Morgan fingerprint density at radius 2 is 2.00 bits per heavy atom. The van der Waals surface area contributed by atoms with Crippen molar-refractivity contribution in [2.75, 3.05) is 0 Å². The third-order valence-corrected chi connectivity index (χ3v) is 2.60. The molecule has 0 aliphatic rings. The zero-order valence-electron chi connectivity index (χ0n) is 9.08. The highest BCUT2D eigenvalue weighted by atomic mass is 35.5. The second-order valence-electron chi connectivity index (χ2n) is 3.96. The molecule has 2 aromatic rings. The van der Waals surface area contributed by atoms with Gasteiger partial charge in [-0.15, -0.1) is 12.4 Å². The van der Waals surface area contributed by atoms with E-state index in [-0.39, 0.29) is 18.4 Å². The first-order valence-electron chi connectivity index (χ1n) is 5.00. The minimum atomic E-state index is 0. The molecule has 0 radical (unpaired) electrons. The summed E-state index contributed by atoms with van der Waals surface area (Å²) in [5, 5.41) is 1.31. The lowest BCUT2D eigenvalue weighted by Gasteiger charge is -2.03. The number of aryl methyl sites for hydroxylation is 1. The van der Waals surface area contributed by atoms with Crippen LogP contribution in [0.25, 0.3) is 10.9 Å². The highest BCUT2D eigenvalue weighted by Crippen LogP contribution is 2.21. The number of hydrogen-bond donors (Lipinski definition) is 2. The average Bonchev–Trinajstić information content (AvgIpc) is 2.44. The van der Waals surface area contributed by atoms with Crippen LogP contribution in [0.5, 0.6) is 0 Å². The number of aromatic nitrogens is 1. The summed E-state index contributed by atoms with van der Waals surface area (Å²) in [6.07, 6.45) is 0.917. The van der Waals surface area contributed by atoms with Crippen molar-refractivity contribution in [3.63, 3.8) is 0 Å². The molecular weight excluding hydrogens is 208 g/mol. The number of rotatable bonds is 2. The van der Waals surface area contributed by atoms with E-state index in [2.05, 4.69) is 30.1 Å². The van der Waals surface area contributed by atoms with Gasteiger partial charge in [-0.3, -0.25) is 0 Å². The van der Waals surface area contributed by atoms with Gasteiger partial charge in [-0.2, -0.15) is 0 Å². The van der Waals surface area contributed by atoms with Crippen LogP contribution in [0.2, 0.25) is 0 Å². The number of nitrogens with one attached hydrogen (secondary N) is 1. The summed E-state index contributed by atoms with van der Waals surface area (Å²) in [7, 11) is 0. The molecule has 82 valence electrons. The van der Waals surface area contributed by atoms with Gasteiger partial charge in [0.05, 0.1) is 0 Å². The van der Waals surface area contributed by atoms with Crippen molar-refractivity contribution in [2.24, 2.45) is 5.73 Å². The van der Waals surface area contributed by atoms with Crippen LogP contribution in [-0.2, 0) is 6.42 Å². The van der Waals surface area contributed by atoms with Crippen LogP contribution in [0.4, 0.5) is 0 Å². The van der Waals surface area contributed by atoms with E-state index in [0.717, 1.165) is 6.42 Å². The number of benzene rings is 1. The van der Waals surface area contributed by atoms with E-state index in [9.17, 15) is 0 Å². The van der Waals surface area contributed by atoms with Crippen molar-refractivity contribution in [1.82, 2.24) is 4.98 Å². The number of nitrogens with two attached hydrogens (primary N) is 1. The molecule has 0 saturated heterocycles. The number of H-pyrrole nitrogens is 1. The molecule has 1 atom stereocenters. The zero-order valence-corrected chi connectivity index (χ0v) is 9.90. The summed E-state index contributed by atoms with van der Waals surface area (Å²) in [6, 6.07) is 8.58. The Kier molecular flexibility index (Phi) is 3.77. The summed E-state index contributed by atoms with van der Waals surface area (Å²) in [5.41, 5.74) is 9.60. The molecule has 0 bridgehead atoms. The Morgan fingerprint density at radius 3 is 2.60 bits per heavy atom. The first-order chi connectivity index (χ1) is 6.68. The smallest absolute Gasteiger partial charge is 0.0458 e. The lowest BCUT2D eigenvalue weighted by Crippen LogP contribution is -2.18. The number of halogens is 1. The molecule has 3 N–H and O–H groups in total. The van der Waals surface area contributed by atoms with Crippen LogP contribution in [0.1, 0.15) is 18.2 Å². The van der Waals surface area contributed by atoms with Crippen molar-refractivity contribution < 1.29 is 0 Å². The Balaban J connectivity index is 0.00000112. The van der Waals surface area contributed by atoms with Crippen molar-refractivity contribution in [3.8, 4) is 0 Å². The average molecular weight is 225 g/mol. The minimum Gasteiger partial charge on any atom is -0.358 e. The van der Waals surface area contributed by atoms with Crippen LogP contribution in [0, 0.1) is 6.92 Å². The Labute approximate surface area is 96.3 Å². The first-order valence-corrected chi connectivity index (χ1v) is 5.00. The number of aromatic amines is 1. The Hall–Kier alpha value is -0.990. The summed E-state index contributed by atoms with van der Waals surface area (Å²) in [4.78, 5) is 3.42. The second-order valence-corrected chi connectivity index (χ2v) is 3.96. The molecule has 1 heterocycles. The van der Waals surface area contributed by atoms with E-state index < -0.39 is 0 Å². The predicted octanol–water partition coefficient (Wildman–Crippen LogP) is 2.79. The fourth-order valence-electron chi connectivity index (χ4n) is 1.86. The van der Waals surface area contributed by atoms with Crippen LogP contribution in [0.15, 0.2) is 24.3 Å². The van der Waals surface area contributed by atoms with Gasteiger partial charge in [-0.25, -0.2) is 0 Å². The molecule has 1 unspecified atom stereocenters. The molecule has 2 rings (SSSR count). The largest absolute Gasteiger partial charge is 0.358 e.